The van der Waals surface area contributed by atoms with E-state index in [0.29, 0.717) is 13.1 Å². The number of rotatable bonds is 3. The molecule has 26 heavy (non-hydrogen) atoms. The Balaban J connectivity index is 1.86. The minimum absolute atomic E-state index is 0.199. The van der Waals surface area contributed by atoms with Gasteiger partial charge >= 0.3 is 0 Å². The molecule has 1 N–H and O–H groups in total. The van der Waals surface area contributed by atoms with E-state index in [1.807, 2.05) is 39.1 Å². The largest absolute Gasteiger partial charge is 0.351 e. The summed E-state index contributed by atoms with van der Waals surface area (Å²) in [6, 6.07) is 9.75. The van der Waals surface area contributed by atoms with Crippen LogP contribution in [0.4, 0.5) is 4.39 Å². The van der Waals surface area contributed by atoms with Gasteiger partial charge in [0, 0.05) is 30.5 Å². The van der Waals surface area contributed by atoms with E-state index in [1.54, 1.807) is 17.0 Å². The molecule has 0 aliphatic carbocycles. The van der Waals surface area contributed by atoms with Crippen molar-refractivity contribution in [3.63, 3.8) is 0 Å². The fourth-order valence-corrected chi connectivity index (χ4v) is 3.35. The predicted octanol–water partition coefficient (Wildman–Crippen LogP) is 2.86. The first-order valence-electron chi connectivity index (χ1n) is 8.75. The standard InChI is InChI=1S/C20H24FN3O2/c1-20(2,3)22-17(25)13-18(26)24-12-11-23-10-4-5-16(23)19(24)14-6-8-15(21)9-7-14/h4-10,19H,11-13H2,1-3H3,(H,22,25). The molecular weight excluding hydrogens is 333 g/mol. The third kappa shape index (κ3) is 3.95. The number of benzene rings is 1. The van der Waals surface area contributed by atoms with Gasteiger partial charge in [0.15, 0.2) is 0 Å². The maximum atomic E-state index is 13.3. The van der Waals surface area contributed by atoms with Crippen molar-refractivity contribution in [3.05, 3.63) is 59.7 Å². The van der Waals surface area contributed by atoms with E-state index in [4.69, 9.17) is 0 Å². The van der Waals surface area contributed by atoms with Gasteiger partial charge < -0.3 is 14.8 Å². The van der Waals surface area contributed by atoms with Gasteiger partial charge in [-0.05, 0) is 50.6 Å². The molecular formula is C20H24FN3O2. The predicted molar refractivity (Wildman–Crippen MR) is 96.9 cm³/mol. The van der Waals surface area contributed by atoms with Crippen LogP contribution in [-0.2, 0) is 16.1 Å². The van der Waals surface area contributed by atoms with Crippen LogP contribution in [0.1, 0.15) is 44.5 Å². The zero-order valence-corrected chi connectivity index (χ0v) is 15.3. The molecule has 5 nitrogen and oxygen atoms in total. The summed E-state index contributed by atoms with van der Waals surface area (Å²) in [5.41, 5.74) is 1.41. The molecule has 0 saturated carbocycles. The Morgan fingerprint density at radius 2 is 1.85 bits per heavy atom. The van der Waals surface area contributed by atoms with Gasteiger partial charge in [0.05, 0.1) is 6.04 Å². The number of halogens is 1. The smallest absolute Gasteiger partial charge is 0.232 e. The van der Waals surface area contributed by atoms with Crippen LogP contribution in [0.15, 0.2) is 42.6 Å². The van der Waals surface area contributed by atoms with Crippen LogP contribution in [0.3, 0.4) is 0 Å². The van der Waals surface area contributed by atoms with Crippen LogP contribution in [-0.4, -0.2) is 33.4 Å². The number of nitrogens with zero attached hydrogens (tertiary/aromatic N) is 2. The molecule has 1 aliphatic rings. The molecule has 0 radical (unpaired) electrons. The number of amides is 2. The third-order valence-electron chi connectivity index (χ3n) is 4.37. The Morgan fingerprint density at radius 3 is 2.50 bits per heavy atom. The Morgan fingerprint density at radius 1 is 1.15 bits per heavy atom. The molecule has 3 rings (SSSR count). The fourth-order valence-electron chi connectivity index (χ4n) is 3.35. The monoisotopic (exact) mass is 357 g/mol. The lowest BCUT2D eigenvalue weighted by atomic mass is 9.99. The number of hydrogen-bond acceptors (Lipinski definition) is 2. The van der Waals surface area contributed by atoms with Gasteiger partial charge in [-0.2, -0.15) is 0 Å². The van der Waals surface area contributed by atoms with Crippen LogP contribution < -0.4 is 5.32 Å². The topological polar surface area (TPSA) is 54.3 Å². The summed E-state index contributed by atoms with van der Waals surface area (Å²) in [5.74, 6) is -0.836. The van der Waals surface area contributed by atoms with Gasteiger partial charge in [0.2, 0.25) is 11.8 Å². The molecule has 138 valence electrons. The van der Waals surface area contributed by atoms with Gasteiger partial charge in [-0.1, -0.05) is 12.1 Å². The SMILES string of the molecule is CC(C)(C)NC(=O)CC(=O)N1CCn2cccc2C1c1ccc(F)cc1. The highest BCUT2D eigenvalue weighted by molar-refractivity contribution is 5.97. The number of carbonyl (C=O) groups excluding carboxylic acids is 2. The molecule has 0 spiro atoms. The van der Waals surface area contributed by atoms with Gasteiger partial charge in [-0.3, -0.25) is 9.59 Å². The molecule has 1 unspecified atom stereocenters. The van der Waals surface area contributed by atoms with Crippen LogP contribution in [0.2, 0.25) is 0 Å². The molecule has 0 bridgehead atoms. The van der Waals surface area contributed by atoms with E-state index in [9.17, 15) is 14.0 Å². The first-order valence-corrected chi connectivity index (χ1v) is 8.75. The first-order chi connectivity index (χ1) is 12.2. The average Bonchev–Trinajstić information content (AvgIpc) is 3.01. The molecule has 0 saturated heterocycles. The fraction of sp³-hybridized carbons (Fsp3) is 0.400. The van der Waals surface area contributed by atoms with Crippen LogP contribution in [0.5, 0.6) is 0 Å². The van der Waals surface area contributed by atoms with Crippen molar-refractivity contribution in [3.8, 4) is 0 Å². The van der Waals surface area contributed by atoms with Gasteiger partial charge in [-0.25, -0.2) is 4.39 Å². The van der Waals surface area contributed by atoms with Gasteiger partial charge in [0.25, 0.3) is 0 Å². The van der Waals surface area contributed by atoms with E-state index >= 15 is 0 Å². The Kier molecular flexibility index (Phi) is 4.85. The number of hydrogen-bond donors (Lipinski definition) is 1. The summed E-state index contributed by atoms with van der Waals surface area (Å²) in [5, 5.41) is 2.82. The Bertz CT molecular complexity index is 805. The second kappa shape index (κ2) is 6.94. The van der Waals surface area contributed by atoms with Crippen molar-refractivity contribution >= 4 is 11.8 Å². The van der Waals surface area contributed by atoms with Crippen LogP contribution >= 0.6 is 0 Å². The van der Waals surface area contributed by atoms with Gasteiger partial charge in [0.1, 0.15) is 12.2 Å². The molecule has 6 heteroatoms. The zero-order chi connectivity index (χ0) is 18.9. The minimum atomic E-state index is -0.385. The highest BCUT2D eigenvalue weighted by Crippen LogP contribution is 2.32. The zero-order valence-electron chi connectivity index (χ0n) is 15.3. The molecule has 1 aromatic carbocycles. The van der Waals surface area contributed by atoms with Crippen molar-refractivity contribution in [2.24, 2.45) is 0 Å². The molecule has 1 atom stereocenters. The van der Waals surface area contributed by atoms with Crippen molar-refractivity contribution in [1.82, 2.24) is 14.8 Å². The lowest BCUT2D eigenvalue weighted by molar-refractivity contribution is -0.138. The maximum Gasteiger partial charge on any atom is 0.232 e. The highest BCUT2D eigenvalue weighted by Gasteiger charge is 2.33. The lowest BCUT2D eigenvalue weighted by Crippen LogP contribution is -2.46. The number of nitrogens with one attached hydrogen (secondary N) is 1. The quantitative estimate of drug-likeness (QED) is 0.859. The maximum absolute atomic E-state index is 13.3. The summed E-state index contributed by atoms with van der Waals surface area (Å²) in [6.45, 7) is 6.82. The second-order valence-corrected chi connectivity index (χ2v) is 7.64. The van der Waals surface area contributed by atoms with E-state index in [2.05, 4.69) is 9.88 Å². The van der Waals surface area contributed by atoms with Crippen molar-refractivity contribution < 1.29 is 14.0 Å². The molecule has 0 fully saturated rings. The second-order valence-electron chi connectivity index (χ2n) is 7.64. The Hall–Kier alpha value is -2.63. The number of fused-ring (bicyclic) bond motifs is 1. The third-order valence-corrected chi connectivity index (χ3v) is 4.37. The number of carbonyl (C=O) groups is 2. The van der Waals surface area contributed by atoms with Crippen molar-refractivity contribution in [2.45, 2.75) is 45.3 Å². The lowest BCUT2D eigenvalue weighted by Gasteiger charge is -2.37. The summed E-state index contributed by atoms with van der Waals surface area (Å²) < 4.78 is 15.4. The molecule has 2 aromatic rings. The molecule has 1 aromatic heterocycles. The van der Waals surface area contributed by atoms with Gasteiger partial charge in [-0.15, -0.1) is 0 Å². The van der Waals surface area contributed by atoms with Crippen molar-refractivity contribution in [1.29, 1.82) is 0 Å². The summed E-state index contributed by atoms with van der Waals surface area (Å²) in [7, 11) is 0. The average molecular weight is 357 g/mol. The molecule has 2 amide bonds. The number of aromatic nitrogens is 1. The molecule has 2 heterocycles. The van der Waals surface area contributed by atoms with E-state index < -0.39 is 0 Å². The van der Waals surface area contributed by atoms with E-state index in [1.165, 1.54) is 12.1 Å². The highest BCUT2D eigenvalue weighted by atomic mass is 19.1. The minimum Gasteiger partial charge on any atom is -0.351 e. The van der Waals surface area contributed by atoms with Crippen LogP contribution in [0, 0.1) is 5.82 Å². The first kappa shape index (κ1) is 18.2. The summed E-state index contributed by atoms with van der Waals surface area (Å²) >= 11 is 0. The molecule has 1 aliphatic heterocycles. The summed E-state index contributed by atoms with van der Waals surface area (Å²) in [4.78, 5) is 26.8. The van der Waals surface area contributed by atoms with E-state index in [0.717, 1.165) is 11.3 Å². The normalized spacial score (nSPS) is 16.9. The summed E-state index contributed by atoms with van der Waals surface area (Å²) in [6.07, 6.45) is 1.77. The van der Waals surface area contributed by atoms with E-state index in [-0.39, 0.29) is 35.6 Å². The Labute approximate surface area is 152 Å². The van der Waals surface area contributed by atoms with Crippen LogP contribution in [0.25, 0.3) is 0 Å². The van der Waals surface area contributed by atoms with Crippen molar-refractivity contribution in [2.75, 3.05) is 6.54 Å².